The average molecular weight is 370 g/mol. The first-order chi connectivity index (χ1) is 12.5. The van der Waals surface area contributed by atoms with Gasteiger partial charge in [-0.1, -0.05) is 30.3 Å². The van der Waals surface area contributed by atoms with Crippen LogP contribution < -0.4 is 5.56 Å². The number of hydrogen-bond donors (Lipinski definition) is 0. The van der Waals surface area contributed by atoms with Gasteiger partial charge in [0, 0.05) is 6.54 Å². The molecule has 0 atom stereocenters. The van der Waals surface area contributed by atoms with Gasteiger partial charge in [0.2, 0.25) is 0 Å². The van der Waals surface area contributed by atoms with Gasteiger partial charge in [0.15, 0.2) is 0 Å². The van der Waals surface area contributed by atoms with Gasteiger partial charge in [-0.3, -0.25) is 9.36 Å². The summed E-state index contributed by atoms with van der Waals surface area (Å²) in [5, 5.41) is 0.521. The number of esters is 1. The highest BCUT2D eigenvalue weighted by Crippen LogP contribution is 2.27. The summed E-state index contributed by atoms with van der Waals surface area (Å²) in [5.74, 6) is -0.393. The van der Waals surface area contributed by atoms with E-state index < -0.39 is 5.97 Å². The summed E-state index contributed by atoms with van der Waals surface area (Å²) in [5.41, 5.74) is 1.81. The van der Waals surface area contributed by atoms with Crippen LogP contribution in [0.15, 0.2) is 41.5 Å². The predicted octanol–water partition coefficient (Wildman–Crippen LogP) is 3.96. The number of hydrogen-bond acceptors (Lipinski definition) is 5. The summed E-state index contributed by atoms with van der Waals surface area (Å²) in [6.07, 6.45) is 3.13. The summed E-state index contributed by atoms with van der Waals surface area (Å²) >= 11 is 1.22. The Kier molecular flexibility index (Phi) is 5.52. The van der Waals surface area contributed by atoms with Crippen LogP contribution in [0.1, 0.15) is 41.1 Å². The molecule has 26 heavy (non-hydrogen) atoms. The molecular weight excluding hydrogens is 348 g/mol. The third-order valence-electron chi connectivity index (χ3n) is 4.15. The quantitative estimate of drug-likeness (QED) is 0.616. The fraction of sp³-hybridized carbons (Fsp3) is 0.350. The van der Waals surface area contributed by atoms with Crippen LogP contribution >= 0.6 is 11.3 Å². The van der Waals surface area contributed by atoms with Crippen molar-refractivity contribution in [3.8, 4) is 0 Å². The normalized spacial score (nSPS) is 11.2. The second kappa shape index (κ2) is 7.83. The average Bonchev–Trinajstić information content (AvgIpc) is 2.95. The molecule has 3 aromatic rings. The van der Waals surface area contributed by atoms with Gasteiger partial charge in [0.1, 0.15) is 9.71 Å². The van der Waals surface area contributed by atoms with Gasteiger partial charge in [0.05, 0.1) is 17.8 Å². The van der Waals surface area contributed by atoms with Crippen LogP contribution in [0.2, 0.25) is 0 Å². The second-order valence-corrected chi connectivity index (χ2v) is 7.52. The zero-order valence-electron chi connectivity index (χ0n) is 15.2. The maximum atomic E-state index is 12.8. The van der Waals surface area contributed by atoms with Crippen molar-refractivity contribution < 1.29 is 9.53 Å². The highest BCUT2D eigenvalue weighted by molar-refractivity contribution is 7.20. The third kappa shape index (κ3) is 3.85. The highest BCUT2D eigenvalue weighted by atomic mass is 32.1. The topological polar surface area (TPSA) is 61.2 Å². The summed E-state index contributed by atoms with van der Waals surface area (Å²) in [7, 11) is 0. The van der Waals surface area contributed by atoms with Gasteiger partial charge in [-0.15, -0.1) is 11.3 Å². The number of carbonyl (C=O) groups excluding carboxylic acids is 1. The molecule has 0 unspecified atom stereocenters. The molecule has 0 saturated carbocycles. The fourth-order valence-corrected chi connectivity index (χ4v) is 3.90. The molecule has 0 aliphatic carbocycles. The molecular formula is C20H22N2O3S. The summed E-state index contributed by atoms with van der Waals surface area (Å²) in [6.45, 7) is 5.99. The van der Waals surface area contributed by atoms with E-state index in [0.29, 0.717) is 27.2 Å². The van der Waals surface area contributed by atoms with E-state index in [1.807, 2.05) is 18.2 Å². The van der Waals surface area contributed by atoms with Crippen molar-refractivity contribution in [3.05, 3.63) is 63.0 Å². The van der Waals surface area contributed by atoms with Gasteiger partial charge in [0.25, 0.3) is 5.56 Å². The minimum absolute atomic E-state index is 0.0968. The SMILES string of the molecule is Cc1c(C(=O)OC(C)C)sc2ncn(CCCc3ccccc3)c(=O)c12. The Hall–Kier alpha value is -2.47. The zero-order valence-corrected chi connectivity index (χ0v) is 16.0. The van der Waals surface area contributed by atoms with Crippen molar-refractivity contribution >= 4 is 27.5 Å². The standard InChI is InChI=1S/C20H22N2O3S/c1-13(2)25-20(24)17-14(3)16-18(26-17)21-12-22(19(16)23)11-7-10-15-8-5-4-6-9-15/h4-6,8-9,12-13H,7,10-11H2,1-3H3. The van der Waals surface area contributed by atoms with Crippen LogP contribution in [-0.2, 0) is 17.7 Å². The molecule has 2 heterocycles. The van der Waals surface area contributed by atoms with Gasteiger partial charge >= 0.3 is 5.97 Å². The van der Waals surface area contributed by atoms with E-state index in [1.165, 1.54) is 16.9 Å². The Morgan fingerprint density at radius 2 is 2.00 bits per heavy atom. The molecule has 2 aromatic heterocycles. The first kappa shape index (κ1) is 18.3. The van der Waals surface area contributed by atoms with E-state index in [-0.39, 0.29) is 11.7 Å². The summed E-state index contributed by atoms with van der Waals surface area (Å²) < 4.78 is 6.89. The van der Waals surface area contributed by atoms with E-state index in [1.54, 1.807) is 31.7 Å². The number of carbonyl (C=O) groups is 1. The van der Waals surface area contributed by atoms with Gasteiger partial charge in [-0.25, -0.2) is 9.78 Å². The number of aromatic nitrogens is 2. The minimum Gasteiger partial charge on any atom is -0.459 e. The molecule has 0 fully saturated rings. The molecule has 136 valence electrons. The first-order valence-electron chi connectivity index (χ1n) is 8.71. The first-order valence-corrected chi connectivity index (χ1v) is 9.52. The Labute approximate surface area is 156 Å². The molecule has 1 aromatic carbocycles. The van der Waals surface area contributed by atoms with Crippen molar-refractivity contribution in [2.45, 2.75) is 46.3 Å². The molecule has 0 bridgehead atoms. The third-order valence-corrected chi connectivity index (χ3v) is 5.33. The fourth-order valence-electron chi connectivity index (χ4n) is 2.88. The van der Waals surface area contributed by atoms with Crippen molar-refractivity contribution in [1.29, 1.82) is 0 Å². The maximum Gasteiger partial charge on any atom is 0.348 e. The Bertz CT molecular complexity index is 974. The number of ether oxygens (including phenoxy) is 1. The predicted molar refractivity (Wildman–Crippen MR) is 104 cm³/mol. The van der Waals surface area contributed by atoms with Crippen molar-refractivity contribution in [3.63, 3.8) is 0 Å². The van der Waals surface area contributed by atoms with Crippen molar-refractivity contribution in [2.75, 3.05) is 0 Å². The lowest BCUT2D eigenvalue weighted by atomic mass is 10.1. The van der Waals surface area contributed by atoms with Crippen LogP contribution in [0.4, 0.5) is 0 Å². The number of rotatable bonds is 6. The van der Waals surface area contributed by atoms with Crippen LogP contribution in [0.3, 0.4) is 0 Å². The molecule has 6 heteroatoms. The second-order valence-electron chi connectivity index (χ2n) is 6.52. The number of nitrogens with zero attached hydrogens (tertiary/aromatic N) is 2. The molecule has 0 aliphatic rings. The number of thiophene rings is 1. The molecule has 3 rings (SSSR count). The summed E-state index contributed by atoms with van der Waals surface area (Å²) in [4.78, 5) is 30.5. The number of fused-ring (bicyclic) bond motifs is 1. The summed E-state index contributed by atoms with van der Waals surface area (Å²) in [6, 6.07) is 10.2. The van der Waals surface area contributed by atoms with Gasteiger partial charge in [-0.2, -0.15) is 0 Å². The molecule has 0 N–H and O–H groups in total. The molecule has 0 radical (unpaired) electrons. The highest BCUT2D eigenvalue weighted by Gasteiger charge is 2.21. The van der Waals surface area contributed by atoms with E-state index >= 15 is 0 Å². The van der Waals surface area contributed by atoms with Crippen molar-refractivity contribution in [2.24, 2.45) is 0 Å². The maximum absolute atomic E-state index is 12.8. The zero-order chi connectivity index (χ0) is 18.7. The Morgan fingerprint density at radius 1 is 1.27 bits per heavy atom. The van der Waals surface area contributed by atoms with Crippen LogP contribution in [0.25, 0.3) is 10.2 Å². The number of benzene rings is 1. The molecule has 5 nitrogen and oxygen atoms in total. The van der Waals surface area contributed by atoms with Crippen LogP contribution in [-0.4, -0.2) is 21.6 Å². The van der Waals surface area contributed by atoms with E-state index in [2.05, 4.69) is 17.1 Å². The monoisotopic (exact) mass is 370 g/mol. The van der Waals surface area contributed by atoms with Crippen molar-refractivity contribution in [1.82, 2.24) is 9.55 Å². The smallest absolute Gasteiger partial charge is 0.348 e. The molecule has 0 saturated heterocycles. The molecule has 0 aliphatic heterocycles. The van der Waals surface area contributed by atoms with Gasteiger partial charge < -0.3 is 4.74 Å². The molecule has 0 spiro atoms. The van der Waals surface area contributed by atoms with E-state index in [0.717, 1.165) is 12.8 Å². The van der Waals surface area contributed by atoms with Crippen LogP contribution in [0.5, 0.6) is 0 Å². The largest absolute Gasteiger partial charge is 0.459 e. The Balaban J connectivity index is 1.82. The lowest BCUT2D eigenvalue weighted by Gasteiger charge is -2.07. The lowest BCUT2D eigenvalue weighted by Crippen LogP contribution is -2.21. The lowest BCUT2D eigenvalue weighted by molar-refractivity contribution is 0.0383. The Morgan fingerprint density at radius 3 is 2.69 bits per heavy atom. The number of aryl methyl sites for hydroxylation is 3. The van der Waals surface area contributed by atoms with Gasteiger partial charge in [-0.05, 0) is 44.7 Å². The minimum atomic E-state index is -0.393. The van der Waals surface area contributed by atoms with Crippen LogP contribution in [0, 0.1) is 6.92 Å². The molecule has 0 amide bonds. The van der Waals surface area contributed by atoms with E-state index in [4.69, 9.17) is 4.74 Å². The van der Waals surface area contributed by atoms with E-state index in [9.17, 15) is 9.59 Å².